The van der Waals surface area contributed by atoms with Crippen molar-refractivity contribution in [3.05, 3.63) is 39.9 Å². The normalized spacial score (nSPS) is 9.74. The summed E-state index contributed by atoms with van der Waals surface area (Å²) in [5, 5.41) is 16.8. The number of amides is 1. The summed E-state index contributed by atoms with van der Waals surface area (Å²) in [5.74, 6) is 6.07. The van der Waals surface area contributed by atoms with Crippen molar-refractivity contribution >= 4 is 17.2 Å². The van der Waals surface area contributed by atoms with Gasteiger partial charge in [0.2, 0.25) is 0 Å². The van der Waals surface area contributed by atoms with Gasteiger partial charge >= 0.3 is 0 Å². The predicted octanol–water partition coefficient (Wildman–Crippen LogP) is 1.40. The van der Waals surface area contributed by atoms with Crippen molar-refractivity contribution in [2.45, 2.75) is 13.0 Å². The Bertz CT molecular complexity index is 593. The Morgan fingerprint density at radius 2 is 2.42 bits per heavy atom. The van der Waals surface area contributed by atoms with Gasteiger partial charge in [-0.1, -0.05) is 17.0 Å². The number of aromatic nitrogens is 1. The van der Waals surface area contributed by atoms with Crippen LogP contribution in [0.4, 0.5) is 0 Å². The van der Waals surface area contributed by atoms with E-state index in [1.807, 2.05) is 5.38 Å². The lowest BCUT2D eigenvalue weighted by molar-refractivity contribution is 0.0951. The Morgan fingerprint density at radius 1 is 1.53 bits per heavy atom. The van der Waals surface area contributed by atoms with Crippen LogP contribution < -0.4 is 5.32 Å². The molecule has 0 bridgehead atoms. The molecule has 1 amide bonds. The first-order chi connectivity index (χ1) is 9.31. The van der Waals surface area contributed by atoms with Gasteiger partial charge in [0, 0.05) is 18.1 Å². The molecule has 2 aromatic heterocycles. The van der Waals surface area contributed by atoms with E-state index in [2.05, 4.69) is 22.3 Å². The first kappa shape index (κ1) is 13.3. The lowest BCUT2D eigenvalue weighted by atomic mass is 10.2. The number of nitrogens with zero attached hydrogens (tertiary/aromatic N) is 1. The van der Waals surface area contributed by atoms with Gasteiger partial charge in [-0.15, -0.1) is 11.3 Å². The molecule has 2 rings (SSSR count). The Balaban J connectivity index is 1.99. The highest BCUT2D eigenvalue weighted by molar-refractivity contribution is 7.12. The Hall–Kier alpha value is -2.10. The average molecular weight is 276 g/mol. The van der Waals surface area contributed by atoms with Gasteiger partial charge in [-0.05, 0) is 11.4 Å². The molecule has 2 aromatic rings. The van der Waals surface area contributed by atoms with Crippen LogP contribution in [0.1, 0.15) is 27.4 Å². The van der Waals surface area contributed by atoms with Crippen LogP contribution in [0.5, 0.6) is 0 Å². The Labute approximate surface area is 114 Å². The molecule has 0 aliphatic rings. The highest BCUT2D eigenvalue weighted by Gasteiger charge is 2.12. The largest absolute Gasteiger partial charge is 0.395 e. The van der Waals surface area contributed by atoms with Gasteiger partial charge < -0.3 is 14.9 Å². The van der Waals surface area contributed by atoms with Gasteiger partial charge in [0.25, 0.3) is 5.91 Å². The first-order valence-electron chi connectivity index (χ1n) is 5.66. The van der Waals surface area contributed by atoms with Gasteiger partial charge in [-0.2, -0.15) is 0 Å². The summed E-state index contributed by atoms with van der Waals surface area (Å²) in [7, 11) is 0. The lowest BCUT2D eigenvalue weighted by Crippen LogP contribution is -2.22. The van der Waals surface area contributed by atoms with Crippen molar-refractivity contribution in [2.24, 2.45) is 0 Å². The molecule has 98 valence electrons. The molecule has 0 atom stereocenters. The van der Waals surface area contributed by atoms with Crippen molar-refractivity contribution in [3.8, 4) is 11.8 Å². The molecule has 0 aromatic carbocycles. The van der Waals surface area contributed by atoms with E-state index < -0.39 is 0 Å². The quantitative estimate of drug-likeness (QED) is 0.828. The van der Waals surface area contributed by atoms with E-state index in [1.54, 1.807) is 12.1 Å². The van der Waals surface area contributed by atoms with E-state index in [0.717, 1.165) is 0 Å². The molecule has 0 aliphatic heterocycles. The van der Waals surface area contributed by atoms with E-state index in [4.69, 9.17) is 9.63 Å². The lowest BCUT2D eigenvalue weighted by Gasteiger charge is -2.00. The van der Waals surface area contributed by atoms with Gasteiger partial charge in [0.05, 0.1) is 19.3 Å². The van der Waals surface area contributed by atoms with E-state index in [9.17, 15) is 4.79 Å². The number of hydrogen-bond donors (Lipinski definition) is 2. The third-order valence-corrected chi connectivity index (χ3v) is 3.16. The minimum absolute atomic E-state index is 0.0180. The van der Waals surface area contributed by atoms with Gasteiger partial charge in [-0.3, -0.25) is 4.79 Å². The van der Waals surface area contributed by atoms with E-state index >= 15 is 0 Å². The number of aliphatic hydroxyl groups excluding tert-OH is 1. The molecular formula is C13H12N2O3S. The zero-order valence-electron chi connectivity index (χ0n) is 10.0. The fourth-order valence-electron chi connectivity index (χ4n) is 1.38. The summed E-state index contributed by atoms with van der Waals surface area (Å²) >= 11 is 1.33. The van der Waals surface area contributed by atoms with Gasteiger partial charge in [-0.25, -0.2) is 0 Å². The maximum Gasteiger partial charge on any atom is 0.263 e. The molecule has 0 spiro atoms. The SMILES string of the molecule is O=C(NCc1ccno1)c1sccc1C#CCCO. The molecule has 0 radical (unpaired) electrons. The van der Waals surface area contributed by atoms with Crippen LogP contribution >= 0.6 is 11.3 Å². The topological polar surface area (TPSA) is 75.4 Å². The van der Waals surface area contributed by atoms with Crippen LogP contribution in [0.2, 0.25) is 0 Å². The Morgan fingerprint density at radius 3 is 3.16 bits per heavy atom. The monoisotopic (exact) mass is 276 g/mol. The van der Waals surface area contributed by atoms with Gasteiger partial charge in [0.1, 0.15) is 4.88 Å². The van der Waals surface area contributed by atoms with Crippen LogP contribution in [-0.2, 0) is 6.54 Å². The minimum atomic E-state index is -0.195. The van der Waals surface area contributed by atoms with Crippen molar-refractivity contribution < 1.29 is 14.4 Å². The molecule has 0 saturated carbocycles. The molecule has 0 aliphatic carbocycles. The van der Waals surface area contributed by atoms with Crippen molar-refractivity contribution in [1.82, 2.24) is 10.5 Å². The third kappa shape index (κ3) is 3.68. The third-order valence-electron chi connectivity index (χ3n) is 2.25. The van der Waals surface area contributed by atoms with E-state index in [0.29, 0.717) is 29.2 Å². The highest BCUT2D eigenvalue weighted by atomic mass is 32.1. The van der Waals surface area contributed by atoms with Crippen LogP contribution in [0, 0.1) is 11.8 Å². The molecule has 19 heavy (non-hydrogen) atoms. The molecule has 6 heteroatoms. The van der Waals surface area contributed by atoms with E-state index in [1.165, 1.54) is 17.5 Å². The van der Waals surface area contributed by atoms with Crippen molar-refractivity contribution in [1.29, 1.82) is 0 Å². The molecule has 0 saturated heterocycles. The van der Waals surface area contributed by atoms with Crippen molar-refractivity contribution in [2.75, 3.05) is 6.61 Å². The number of thiophene rings is 1. The van der Waals surface area contributed by atoms with Crippen LogP contribution in [0.25, 0.3) is 0 Å². The van der Waals surface area contributed by atoms with Gasteiger partial charge in [0.15, 0.2) is 5.76 Å². The predicted molar refractivity (Wildman–Crippen MR) is 70.6 cm³/mol. The fourth-order valence-corrected chi connectivity index (χ4v) is 2.14. The summed E-state index contributed by atoms with van der Waals surface area (Å²) in [6.45, 7) is 0.310. The molecular weight excluding hydrogens is 264 g/mol. The standard InChI is InChI=1S/C13H12N2O3S/c16-7-2-1-3-10-5-8-19-12(10)13(17)14-9-11-4-6-15-18-11/h4-6,8,16H,2,7,9H2,(H,14,17). The summed E-state index contributed by atoms with van der Waals surface area (Å²) in [4.78, 5) is 12.5. The zero-order chi connectivity index (χ0) is 13.5. The van der Waals surface area contributed by atoms with Crippen molar-refractivity contribution in [3.63, 3.8) is 0 Å². The zero-order valence-corrected chi connectivity index (χ0v) is 10.9. The summed E-state index contributed by atoms with van der Waals surface area (Å²) < 4.78 is 4.89. The molecule has 0 fully saturated rings. The second kappa shape index (κ2) is 6.73. The second-order valence-electron chi connectivity index (χ2n) is 3.60. The molecule has 2 heterocycles. The summed E-state index contributed by atoms with van der Waals surface area (Å²) in [6, 6.07) is 3.48. The molecule has 2 N–H and O–H groups in total. The Kier molecular flexibility index (Phi) is 4.72. The summed E-state index contributed by atoms with van der Waals surface area (Å²) in [5.41, 5.74) is 0.675. The minimum Gasteiger partial charge on any atom is -0.395 e. The fraction of sp³-hybridized carbons (Fsp3) is 0.231. The number of carbonyl (C=O) groups is 1. The van der Waals surface area contributed by atoms with Crippen LogP contribution in [0.15, 0.2) is 28.2 Å². The average Bonchev–Trinajstić information content (AvgIpc) is 3.07. The number of carbonyl (C=O) groups excluding carboxylic acids is 1. The maximum absolute atomic E-state index is 12.0. The second-order valence-corrected chi connectivity index (χ2v) is 4.52. The smallest absolute Gasteiger partial charge is 0.263 e. The number of nitrogens with one attached hydrogen (secondary N) is 1. The first-order valence-corrected chi connectivity index (χ1v) is 6.54. The van der Waals surface area contributed by atoms with Crippen LogP contribution in [0.3, 0.4) is 0 Å². The summed E-state index contributed by atoms with van der Waals surface area (Å²) in [6.07, 6.45) is 1.92. The van der Waals surface area contributed by atoms with E-state index in [-0.39, 0.29) is 12.5 Å². The maximum atomic E-state index is 12.0. The number of hydrogen-bond acceptors (Lipinski definition) is 5. The number of aliphatic hydroxyl groups is 1. The molecule has 5 nitrogen and oxygen atoms in total. The molecule has 0 unspecified atom stereocenters. The number of rotatable bonds is 4. The van der Waals surface area contributed by atoms with Crippen LogP contribution in [-0.4, -0.2) is 22.8 Å². The highest BCUT2D eigenvalue weighted by Crippen LogP contribution is 2.15.